The molecule has 0 aromatic heterocycles. The Hall–Kier alpha value is -2.04. The number of ketones is 1. The second kappa shape index (κ2) is 15.4. The van der Waals surface area contributed by atoms with E-state index in [1.807, 2.05) is 34.6 Å². The summed E-state index contributed by atoms with van der Waals surface area (Å²) in [5.41, 5.74) is -3.96. The Morgan fingerprint density at radius 3 is 1.80 bits per heavy atom. The van der Waals surface area contributed by atoms with Gasteiger partial charge in [0.05, 0.1) is 24.0 Å². The fourth-order valence-corrected chi connectivity index (χ4v) is 4.37. The highest BCUT2D eigenvalue weighted by molar-refractivity contribution is 5.89. The summed E-state index contributed by atoms with van der Waals surface area (Å²) < 4.78 is 22.1. The Morgan fingerprint density at radius 1 is 0.780 bits per heavy atom. The quantitative estimate of drug-likeness (QED) is 0.174. The van der Waals surface area contributed by atoms with E-state index in [9.17, 15) is 24.3 Å². The van der Waals surface area contributed by atoms with Crippen LogP contribution < -0.4 is 5.32 Å². The van der Waals surface area contributed by atoms with E-state index in [1.165, 1.54) is 0 Å². The van der Waals surface area contributed by atoms with E-state index >= 15 is 0 Å². The van der Waals surface area contributed by atoms with Crippen LogP contribution in [-0.4, -0.2) is 77.5 Å². The van der Waals surface area contributed by atoms with Crippen LogP contribution in [0.5, 0.6) is 0 Å². The SMILES string of the molecule is CC(C)NC(C)(C)C(=O)OC(COC(=O)CCC(=O)C(C)(C)OCCC(C)(C)O)COC(=O)C(C)(C)CC(C)(C)C. The molecule has 41 heavy (non-hydrogen) atoms. The zero-order valence-corrected chi connectivity index (χ0v) is 27.8. The van der Waals surface area contributed by atoms with E-state index in [1.54, 1.807) is 55.4 Å². The van der Waals surface area contributed by atoms with Gasteiger partial charge in [-0.1, -0.05) is 20.8 Å². The molecule has 1 atom stereocenters. The predicted octanol–water partition coefficient (Wildman–Crippen LogP) is 4.53. The van der Waals surface area contributed by atoms with Crippen LogP contribution in [0.4, 0.5) is 0 Å². The molecule has 0 aliphatic heterocycles. The van der Waals surface area contributed by atoms with Crippen LogP contribution in [0.1, 0.15) is 116 Å². The van der Waals surface area contributed by atoms with Gasteiger partial charge in [-0.05, 0) is 87.5 Å². The van der Waals surface area contributed by atoms with Crippen LogP contribution in [0.15, 0.2) is 0 Å². The van der Waals surface area contributed by atoms with Crippen molar-refractivity contribution < 1.29 is 43.2 Å². The van der Waals surface area contributed by atoms with Gasteiger partial charge in [0, 0.05) is 12.5 Å². The highest BCUT2D eigenvalue weighted by Crippen LogP contribution is 2.34. The van der Waals surface area contributed by atoms with Gasteiger partial charge in [0.1, 0.15) is 24.4 Å². The number of rotatable bonds is 18. The summed E-state index contributed by atoms with van der Waals surface area (Å²) in [6, 6.07) is 0.00532. The van der Waals surface area contributed by atoms with Gasteiger partial charge in [-0.2, -0.15) is 0 Å². The van der Waals surface area contributed by atoms with Crippen molar-refractivity contribution in [1.82, 2.24) is 5.32 Å². The van der Waals surface area contributed by atoms with Crippen molar-refractivity contribution in [3.63, 3.8) is 0 Å². The number of nitrogens with one attached hydrogen (secondary N) is 1. The molecule has 10 heteroatoms. The number of hydrogen-bond acceptors (Lipinski definition) is 10. The number of carbonyl (C=O) groups is 4. The third-order valence-electron chi connectivity index (χ3n) is 6.19. The average molecular weight is 588 g/mol. The molecule has 0 radical (unpaired) electrons. The molecule has 0 rings (SSSR count). The molecule has 0 heterocycles. The van der Waals surface area contributed by atoms with Crippen molar-refractivity contribution >= 4 is 23.7 Å². The van der Waals surface area contributed by atoms with Crippen LogP contribution in [0, 0.1) is 10.8 Å². The van der Waals surface area contributed by atoms with Crippen LogP contribution in [-0.2, 0) is 38.1 Å². The largest absolute Gasteiger partial charge is 0.462 e. The first kappa shape index (κ1) is 39.0. The average Bonchev–Trinajstić information content (AvgIpc) is 2.75. The number of hydrogen-bond donors (Lipinski definition) is 2. The predicted molar refractivity (Wildman–Crippen MR) is 157 cm³/mol. The number of carbonyl (C=O) groups excluding carboxylic acids is 4. The molecule has 1 unspecified atom stereocenters. The van der Waals surface area contributed by atoms with Crippen LogP contribution in [0.25, 0.3) is 0 Å². The Balaban J connectivity index is 5.26. The number of aliphatic hydroxyl groups is 1. The lowest BCUT2D eigenvalue weighted by molar-refractivity contribution is -0.174. The van der Waals surface area contributed by atoms with Crippen molar-refractivity contribution in [2.75, 3.05) is 19.8 Å². The summed E-state index contributed by atoms with van der Waals surface area (Å²) >= 11 is 0. The van der Waals surface area contributed by atoms with Crippen molar-refractivity contribution in [3.8, 4) is 0 Å². The normalized spacial score (nSPS) is 14.0. The molecule has 0 aliphatic carbocycles. The molecule has 0 spiro atoms. The molecular formula is C31H57NO9. The molecule has 10 nitrogen and oxygen atoms in total. The molecule has 0 aliphatic rings. The number of esters is 3. The third kappa shape index (κ3) is 16.9. The Kier molecular flexibility index (Phi) is 14.7. The molecule has 0 saturated heterocycles. The third-order valence-corrected chi connectivity index (χ3v) is 6.19. The number of Topliss-reactive ketones (excluding diaryl/α,β-unsaturated/α-hetero) is 1. The first-order valence-corrected chi connectivity index (χ1v) is 14.5. The molecule has 0 aromatic rings. The summed E-state index contributed by atoms with van der Waals surface area (Å²) in [5.74, 6) is -1.98. The van der Waals surface area contributed by atoms with E-state index < -0.39 is 46.2 Å². The second-order valence-electron chi connectivity index (χ2n) is 14.7. The maximum Gasteiger partial charge on any atom is 0.326 e. The standard InChI is InChI=1S/C31H57NO9/c1-21(2)32-30(10,11)26(36)41-22(19-39-25(35)28(6,7)20-27(3,4)5)18-38-24(34)15-14-23(33)31(12,13)40-17-16-29(8,9)37/h21-22,32,37H,14-20H2,1-13H3. The molecule has 0 saturated carbocycles. The molecule has 2 N–H and O–H groups in total. The van der Waals surface area contributed by atoms with Crippen LogP contribution >= 0.6 is 0 Å². The van der Waals surface area contributed by atoms with E-state index in [0.29, 0.717) is 12.8 Å². The first-order valence-electron chi connectivity index (χ1n) is 14.5. The van der Waals surface area contributed by atoms with Crippen molar-refractivity contribution in [3.05, 3.63) is 0 Å². The van der Waals surface area contributed by atoms with E-state index in [2.05, 4.69) is 5.32 Å². The van der Waals surface area contributed by atoms with Gasteiger partial charge in [-0.15, -0.1) is 0 Å². The van der Waals surface area contributed by atoms with Crippen molar-refractivity contribution in [1.29, 1.82) is 0 Å². The van der Waals surface area contributed by atoms with Crippen molar-refractivity contribution in [2.45, 2.75) is 145 Å². The van der Waals surface area contributed by atoms with Gasteiger partial charge in [0.25, 0.3) is 0 Å². The Bertz CT molecular complexity index is 877. The molecule has 0 amide bonds. The van der Waals surface area contributed by atoms with Gasteiger partial charge in [0.2, 0.25) is 0 Å². The Labute approximate surface area is 247 Å². The molecule has 0 bridgehead atoms. The minimum Gasteiger partial charge on any atom is -0.462 e. The van der Waals surface area contributed by atoms with Crippen LogP contribution in [0.3, 0.4) is 0 Å². The summed E-state index contributed by atoms with van der Waals surface area (Å²) in [5, 5.41) is 13.0. The maximum atomic E-state index is 12.9. The summed E-state index contributed by atoms with van der Waals surface area (Å²) in [7, 11) is 0. The van der Waals surface area contributed by atoms with E-state index in [4.69, 9.17) is 18.9 Å². The first-order chi connectivity index (χ1) is 18.3. The molecule has 0 aromatic carbocycles. The second-order valence-corrected chi connectivity index (χ2v) is 14.7. The zero-order valence-electron chi connectivity index (χ0n) is 27.8. The molecule has 0 fully saturated rings. The minimum absolute atomic E-state index is 0.00532. The highest BCUT2D eigenvalue weighted by atomic mass is 16.6. The van der Waals surface area contributed by atoms with Gasteiger partial charge in [0.15, 0.2) is 11.9 Å². The molecule has 240 valence electrons. The maximum absolute atomic E-state index is 12.9. The molecular weight excluding hydrogens is 530 g/mol. The van der Waals surface area contributed by atoms with E-state index in [-0.39, 0.29) is 49.9 Å². The Morgan fingerprint density at radius 2 is 1.32 bits per heavy atom. The van der Waals surface area contributed by atoms with Crippen LogP contribution in [0.2, 0.25) is 0 Å². The monoisotopic (exact) mass is 587 g/mol. The fourth-order valence-electron chi connectivity index (χ4n) is 4.37. The summed E-state index contributed by atoms with van der Waals surface area (Å²) in [4.78, 5) is 50.9. The highest BCUT2D eigenvalue weighted by Gasteiger charge is 2.36. The number of ether oxygens (including phenoxy) is 4. The lowest BCUT2D eigenvalue weighted by Gasteiger charge is -2.31. The smallest absolute Gasteiger partial charge is 0.326 e. The van der Waals surface area contributed by atoms with Gasteiger partial charge < -0.3 is 29.4 Å². The minimum atomic E-state index is -1.13. The van der Waals surface area contributed by atoms with Gasteiger partial charge >= 0.3 is 17.9 Å². The van der Waals surface area contributed by atoms with E-state index in [0.717, 1.165) is 0 Å². The van der Waals surface area contributed by atoms with Gasteiger partial charge in [-0.3, -0.25) is 19.2 Å². The fraction of sp³-hybridized carbons (Fsp3) is 0.871. The summed E-state index contributed by atoms with van der Waals surface area (Å²) in [6.45, 7) is 22.9. The lowest BCUT2D eigenvalue weighted by Crippen LogP contribution is -2.52. The zero-order chi connectivity index (χ0) is 32.4. The van der Waals surface area contributed by atoms with Gasteiger partial charge in [-0.25, -0.2) is 0 Å². The summed E-state index contributed by atoms with van der Waals surface area (Å²) in [6.07, 6.45) is -0.411. The topological polar surface area (TPSA) is 137 Å². The van der Waals surface area contributed by atoms with Crippen molar-refractivity contribution in [2.24, 2.45) is 10.8 Å². The lowest BCUT2D eigenvalue weighted by atomic mass is 9.76.